The van der Waals surface area contributed by atoms with Crippen LogP contribution in [0.5, 0.6) is 0 Å². The number of hydrogen-bond acceptors (Lipinski definition) is 1. The predicted octanol–water partition coefficient (Wildman–Crippen LogP) is 3.63. The Balaban J connectivity index is 2.80. The minimum atomic E-state index is 0.126. The topological polar surface area (TPSA) is 20.3 Å². The molecule has 1 amide bonds. The average Bonchev–Trinajstić information content (AvgIpc) is 2.29. The van der Waals surface area contributed by atoms with Crippen LogP contribution < -0.4 is 0 Å². The number of carbonyl (C=O) groups excluding carboxylic acids is 1. The lowest BCUT2D eigenvalue weighted by molar-refractivity contribution is 0.0706. The van der Waals surface area contributed by atoms with E-state index in [2.05, 4.69) is 29.8 Å². The van der Waals surface area contributed by atoms with Crippen molar-refractivity contribution in [3.05, 3.63) is 35.4 Å². The molecule has 0 N–H and O–H groups in total. The van der Waals surface area contributed by atoms with E-state index < -0.39 is 0 Å². The van der Waals surface area contributed by atoms with E-state index in [-0.39, 0.29) is 11.9 Å². The zero-order valence-electron chi connectivity index (χ0n) is 10.7. The Hall–Kier alpha value is -0.830. The molecular weight excluding hydrogens is 278 g/mol. The zero-order chi connectivity index (χ0) is 12.8. The second-order valence-corrected chi connectivity index (χ2v) is 5.29. The molecule has 0 aliphatic carbocycles. The fourth-order valence-corrected chi connectivity index (χ4v) is 1.94. The Morgan fingerprint density at radius 1 is 1.29 bits per heavy atom. The number of nitrogens with zero attached hydrogens (tertiary/aromatic N) is 1. The van der Waals surface area contributed by atoms with E-state index in [1.807, 2.05) is 36.1 Å². The smallest absolute Gasteiger partial charge is 0.254 e. The number of alkyl halides is 1. The Morgan fingerprint density at radius 2 is 1.88 bits per heavy atom. The van der Waals surface area contributed by atoms with Crippen molar-refractivity contribution >= 4 is 21.8 Å². The van der Waals surface area contributed by atoms with E-state index in [9.17, 15) is 4.79 Å². The van der Waals surface area contributed by atoms with Crippen LogP contribution in [0.25, 0.3) is 0 Å². The highest BCUT2D eigenvalue weighted by atomic mass is 79.9. The second kappa shape index (κ2) is 6.80. The highest BCUT2D eigenvalue weighted by Gasteiger charge is 2.17. The maximum absolute atomic E-state index is 12.3. The first-order valence-corrected chi connectivity index (χ1v) is 7.12. The summed E-state index contributed by atoms with van der Waals surface area (Å²) in [6.07, 6.45) is 0.982. The van der Waals surface area contributed by atoms with Crippen molar-refractivity contribution in [2.45, 2.75) is 33.2 Å². The first kappa shape index (κ1) is 14.2. The van der Waals surface area contributed by atoms with Crippen LogP contribution >= 0.6 is 15.9 Å². The van der Waals surface area contributed by atoms with E-state index in [1.165, 1.54) is 5.56 Å². The normalized spacial score (nSPS) is 10.6. The molecule has 1 aromatic rings. The van der Waals surface area contributed by atoms with Gasteiger partial charge in [-0.2, -0.15) is 0 Å². The molecule has 0 radical (unpaired) electrons. The number of halogens is 1. The summed E-state index contributed by atoms with van der Waals surface area (Å²) >= 11 is 3.40. The molecule has 0 atom stereocenters. The largest absolute Gasteiger partial charge is 0.336 e. The highest BCUT2D eigenvalue weighted by molar-refractivity contribution is 9.09. The standard InChI is InChI=1S/C14H20BrNO/c1-11(2)16(10-4-9-15)14(17)13-7-5-12(3)6-8-13/h5-8,11H,4,9-10H2,1-3H3. The van der Waals surface area contributed by atoms with Gasteiger partial charge in [-0.3, -0.25) is 4.79 Å². The molecule has 1 aromatic carbocycles. The molecule has 0 saturated heterocycles. The first-order valence-electron chi connectivity index (χ1n) is 6.00. The molecule has 3 heteroatoms. The van der Waals surface area contributed by atoms with Crippen molar-refractivity contribution in [3.63, 3.8) is 0 Å². The maximum atomic E-state index is 12.3. The molecule has 0 aliphatic rings. The van der Waals surface area contributed by atoms with Gasteiger partial charge in [-0.1, -0.05) is 33.6 Å². The fourth-order valence-electron chi connectivity index (χ4n) is 1.69. The minimum absolute atomic E-state index is 0.126. The van der Waals surface area contributed by atoms with Gasteiger partial charge in [-0.15, -0.1) is 0 Å². The third-order valence-electron chi connectivity index (χ3n) is 2.72. The van der Waals surface area contributed by atoms with Crippen molar-refractivity contribution in [1.29, 1.82) is 0 Å². The third-order valence-corrected chi connectivity index (χ3v) is 3.28. The minimum Gasteiger partial charge on any atom is -0.336 e. The quantitative estimate of drug-likeness (QED) is 0.760. The van der Waals surface area contributed by atoms with Gasteiger partial charge >= 0.3 is 0 Å². The van der Waals surface area contributed by atoms with Crippen molar-refractivity contribution in [3.8, 4) is 0 Å². The third kappa shape index (κ3) is 4.15. The summed E-state index contributed by atoms with van der Waals surface area (Å²) in [4.78, 5) is 14.2. The molecule has 0 aromatic heterocycles. The van der Waals surface area contributed by atoms with Crippen LogP contribution in [0.3, 0.4) is 0 Å². The number of rotatable bonds is 5. The molecule has 0 heterocycles. The Bertz CT molecular complexity index is 359. The maximum Gasteiger partial charge on any atom is 0.254 e. The molecule has 0 fully saturated rings. The average molecular weight is 298 g/mol. The molecule has 0 unspecified atom stereocenters. The molecule has 0 saturated carbocycles. The van der Waals surface area contributed by atoms with E-state index >= 15 is 0 Å². The van der Waals surface area contributed by atoms with Gasteiger partial charge in [0.2, 0.25) is 0 Å². The summed E-state index contributed by atoms with van der Waals surface area (Å²) in [6.45, 7) is 6.94. The molecule has 1 rings (SSSR count). The Kier molecular flexibility index (Phi) is 5.69. The SMILES string of the molecule is Cc1ccc(C(=O)N(CCCBr)C(C)C)cc1. The van der Waals surface area contributed by atoms with Crippen LogP contribution in [-0.4, -0.2) is 28.7 Å². The Morgan fingerprint density at radius 3 is 2.35 bits per heavy atom. The van der Waals surface area contributed by atoms with E-state index in [1.54, 1.807) is 0 Å². The van der Waals surface area contributed by atoms with Crippen molar-refractivity contribution in [2.75, 3.05) is 11.9 Å². The lowest BCUT2D eigenvalue weighted by Crippen LogP contribution is -2.37. The van der Waals surface area contributed by atoms with Gasteiger partial charge in [0.15, 0.2) is 0 Å². The van der Waals surface area contributed by atoms with Crippen molar-refractivity contribution < 1.29 is 4.79 Å². The molecule has 94 valence electrons. The lowest BCUT2D eigenvalue weighted by atomic mass is 10.1. The van der Waals surface area contributed by atoms with E-state index in [0.29, 0.717) is 0 Å². The molecule has 2 nitrogen and oxygen atoms in total. The molecule has 17 heavy (non-hydrogen) atoms. The van der Waals surface area contributed by atoms with E-state index in [4.69, 9.17) is 0 Å². The van der Waals surface area contributed by atoms with Gasteiger partial charge in [0, 0.05) is 23.5 Å². The summed E-state index contributed by atoms with van der Waals surface area (Å²) in [5, 5.41) is 0.928. The van der Waals surface area contributed by atoms with Gasteiger partial charge in [-0.05, 0) is 39.3 Å². The van der Waals surface area contributed by atoms with Gasteiger partial charge in [0.05, 0.1) is 0 Å². The van der Waals surface area contributed by atoms with Gasteiger partial charge < -0.3 is 4.90 Å². The first-order chi connectivity index (χ1) is 8.06. The second-order valence-electron chi connectivity index (χ2n) is 4.50. The highest BCUT2D eigenvalue weighted by Crippen LogP contribution is 2.11. The van der Waals surface area contributed by atoms with Gasteiger partial charge in [0.25, 0.3) is 5.91 Å². The van der Waals surface area contributed by atoms with Crippen molar-refractivity contribution in [2.24, 2.45) is 0 Å². The monoisotopic (exact) mass is 297 g/mol. The molecule has 0 bridgehead atoms. The van der Waals surface area contributed by atoms with Crippen molar-refractivity contribution in [1.82, 2.24) is 4.90 Å². The molecule has 0 spiro atoms. The van der Waals surface area contributed by atoms with Crippen LogP contribution in [0.2, 0.25) is 0 Å². The fraction of sp³-hybridized carbons (Fsp3) is 0.500. The van der Waals surface area contributed by atoms with Crippen LogP contribution in [0.15, 0.2) is 24.3 Å². The van der Waals surface area contributed by atoms with Crippen LogP contribution in [-0.2, 0) is 0 Å². The summed E-state index contributed by atoms with van der Waals surface area (Å²) in [6, 6.07) is 8.01. The van der Waals surface area contributed by atoms with Gasteiger partial charge in [-0.25, -0.2) is 0 Å². The summed E-state index contributed by atoms with van der Waals surface area (Å²) in [5.41, 5.74) is 1.96. The summed E-state index contributed by atoms with van der Waals surface area (Å²) < 4.78 is 0. The van der Waals surface area contributed by atoms with Gasteiger partial charge in [0.1, 0.15) is 0 Å². The number of hydrogen-bond donors (Lipinski definition) is 0. The Labute approximate surface area is 112 Å². The summed E-state index contributed by atoms with van der Waals surface area (Å²) in [5.74, 6) is 0.126. The van der Waals surface area contributed by atoms with E-state index in [0.717, 1.165) is 23.9 Å². The number of carbonyl (C=O) groups is 1. The van der Waals surface area contributed by atoms with Crippen LogP contribution in [0, 0.1) is 6.92 Å². The molecular formula is C14H20BrNO. The van der Waals surface area contributed by atoms with Crippen LogP contribution in [0.1, 0.15) is 36.2 Å². The molecule has 0 aliphatic heterocycles. The number of benzene rings is 1. The number of aryl methyl sites for hydroxylation is 1. The lowest BCUT2D eigenvalue weighted by Gasteiger charge is -2.26. The summed E-state index contributed by atoms with van der Waals surface area (Å²) in [7, 11) is 0. The predicted molar refractivity (Wildman–Crippen MR) is 75.8 cm³/mol. The van der Waals surface area contributed by atoms with Crippen LogP contribution in [0.4, 0.5) is 0 Å². The number of amides is 1. The zero-order valence-corrected chi connectivity index (χ0v) is 12.3.